The zero-order chi connectivity index (χ0) is 17.1. The molecule has 0 radical (unpaired) electrons. The Morgan fingerprint density at radius 1 is 1.13 bits per heavy atom. The van der Waals surface area contributed by atoms with Crippen LogP contribution in [-0.4, -0.2) is 51.7 Å². The molecule has 23 heavy (non-hydrogen) atoms. The summed E-state index contributed by atoms with van der Waals surface area (Å²) >= 11 is 0. The van der Waals surface area contributed by atoms with Crippen LogP contribution in [0.1, 0.15) is 13.3 Å². The summed E-state index contributed by atoms with van der Waals surface area (Å²) in [5, 5.41) is 0. The Morgan fingerprint density at radius 3 is 2.26 bits per heavy atom. The van der Waals surface area contributed by atoms with Gasteiger partial charge in [-0.3, -0.25) is 0 Å². The Morgan fingerprint density at radius 2 is 1.74 bits per heavy atom. The third kappa shape index (κ3) is 3.11. The molecule has 0 aromatic heterocycles. The molecular formula is C18H25NO4. The Bertz CT molecular complexity index is 586. The third-order valence-electron chi connectivity index (χ3n) is 4.48. The number of allylic oxidation sites excluding steroid dienone is 3. The fourth-order valence-corrected chi connectivity index (χ4v) is 3.65. The molecule has 3 aliphatic rings. The molecule has 0 saturated heterocycles. The summed E-state index contributed by atoms with van der Waals surface area (Å²) in [5.74, 6) is -1.07. The van der Waals surface area contributed by atoms with Crippen LogP contribution in [0.4, 0.5) is 0 Å². The van der Waals surface area contributed by atoms with Crippen LogP contribution in [0.25, 0.3) is 0 Å². The first kappa shape index (κ1) is 17.5. The van der Waals surface area contributed by atoms with Crippen LogP contribution in [0.15, 0.2) is 34.9 Å². The summed E-state index contributed by atoms with van der Waals surface area (Å²) in [7, 11) is 6.72. The van der Waals surface area contributed by atoms with Gasteiger partial charge in [0.2, 0.25) is 0 Å². The van der Waals surface area contributed by atoms with Crippen LogP contribution in [-0.2, 0) is 19.1 Å². The van der Waals surface area contributed by atoms with E-state index in [9.17, 15) is 9.59 Å². The topological polar surface area (TPSA) is 55.8 Å². The summed E-state index contributed by atoms with van der Waals surface area (Å²) < 4.78 is 9.88. The van der Waals surface area contributed by atoms with Gasteiger partial charge in [-0.1, -0.05) is 30.7 Å². The van der Waals surface area contributed by atoms with Gasteiger partial charge in [0.05, 0.1) is 25.4 Å². The zero-order valence-corrected chi connectivity index (χ0v) is 14.5. The standard InChI is InChI=1S/C18H25NO4/c1-6-7-11-12-8-9-13(14(11)10-19(2)3)16(18(21)23-5)15(12)17(20)22-4/h7-9,12-14H,6,10H2,1-5H3/b11-7+/t12-,13+,14+/m0/s1. The number of fused-ring (bicyclic) bond motifs is 1. The normalized spacial score (nSPS) is 27.7. The number of hydrogen-bond donors (Lipinski definition) is 0. The molecule has 0 N–H and O–H groups in total. The van der Waals surface area contributed by atoms with E-state index in [0.717, 1.165) is 13.0 Å². The van der Waals surface area contributed by atoms with E-state index in [1.165, 1.54) is 19.8 Å². The van der Waals surface area contributed by atoms with Crippen molar-refractivity contribution in [1.29, 1.82) is 0 Å². The van der Waals surface area contributed by atoms with E-state index in [1.54, 1.807) is 0 Å². The van der Waals surface area contributed by atoms with Crippen LogP contribution in [0, 0.1) is 17.8 Å². The van der Waals surface area contributed by atoms with Crippen molar-refractivity contribution >= 4 is 11.9 Å². The molecule has 0 fully saturated rings. The van der Waals surface area contributed by atoms with Gasteiger partial charge in [-0.25, -0.2) is 9.59 Å². The molecule has 126 valence electrons. The maximum atomic E-state index is 12.3. The molecule has 0 heterocycles. The van der Waals surface area contributed by atoms with Crippen molar-refractivity contribution in [2.24, 2.45) is 17.8 Å². The summed E-state index contributed by atoms with van der Waals surface area (Å²) in [6.45, 7) is 2.89. The van der Waals surface area contributed by atoms with E-state index in [4.69, 9.17) is 9.47 Å². The molecule has 2 bridgehead atoms. The van der Waals surface area contributed by atoms with Gasteiger partial charge in [-0.05, 0) is 20.5 Å². The smallest absolute Gasteiger partial charge is 0.335 e. The van der Waals surface area contributed by atoms with E-state index in [0.29, 0.717) is 11.1 Å². The molecule has 0 amide bonds. The molecular weight excluding hydrogens is 294 g/mol. The second kappa shape index (κ2) is 7.13. The van der Waals surface area contributed by atoms with Crippen LogP contribution < -0.4 is 0 Å². The molecule has 0 aliphatic heterocycles. The minimum Gasteiger partial charge on any atom is -0.466 e. The molecule has 0 aromatic rings. The second-order valence-electron chi connectivity index (χ2n) is 6.18. The van der Waals surface area contributed by atoms with Gasteiger partial charge >= 0.3 is 11.9 Å². The Kier molecular flexibility index (Phi) is 5.42. The second-order valence-corrected chi connectivity index (χ2v) is 6.18. The maximum absolute atomic E-state index is 12.3. The minimum absolute atomic E-state index is 0.151. The molecule has 0 aromatic carbocycles. The predicted octanol–water partition coefficient (Wildman–Crippen LogP) is 1.96. The van der Waals surface area contributed by atoms with Gasteiger partial charge in [0.1, 0.15) is 0 Å². The lowest BCUT2D eigenvalue weighted by Gasteiger charge is -2.43. The van der Waals surface area contributed by atoms with Gasteiger partial charge in [-0.2, -0.15) is 0 Å². The Hall–Kier alpha value is -1.88. The summed E-state index contributed by atoms with van der Waals surface area (Å²) in [5.41, 5.74) is 2.08. The van der Waals surface area contributed by atoms with Crippen molar-refractivity contribution in [3.05, 3.63) is 34.9 Å². The van der Waals surface area contributed by atoms with Crippen molar-refractivity contribution in [3.8, 4) is 0 Å². The number of ether oxygens (including phenoxy) is 2. The fraction of sp³-hybridized carbons (Fsp3) is 0.556. The highest BCUT2D eigenvalue weighted by molar-refractivity contribution is 6.03. The van der Waals surface area contributed by atoms with Crippen molar-refractivity contribution in [2.45, 2.75) is 13.3 Å². The maximum Gasteiger partial charge on any atom is 0.335 e. The Labute approximate surface area is 137 Å². The summed E-state index contributed by atoms with van der Waals surface area (Å²) in [4.78, 5) is 26.7. The van der Waals surface area contributed by atoms with Gasteiger partial charge in [-0.15, -0.1) is 0 Å². The average molecular weight is 319 g/mol. The van der Waals surface area contributed by atoms with E-state index in [2.05, 4.69) is 17.9 Å². The van der Waals surface area contributed by atoms with Crippen LogP contribution in [0.2, 0.25) is 0 Å². The van der Waals surface area contributed by atoms with Crippen LogP contribution in [0.5, 0.6) is 0 Å². The highest BCUT2D eigenvalue weighted by atomic mass is 16.5. The van der Waals surface area contributed by atoms with Crippen molar-refractivity contribution in [3.63, 3.8) is 0 Å². The first-order valence-electron chi connectivity index (χ1n) is 7.89. The fourth-order valence-electron chi connectivity index (χ4n) is 3.65. The quantitative estimate of drug-likeness (QED) is 0.573. The molecule has 3 atom stereocenters. The van der Waals surface area contributed by atoms with Gasteiger partial charge in [0, 0.05) is 24.3 Å². The van der Waals surface area contributed by atoms with Crippen LogP contribution >= 0.6 is 0 Å². The molecule has 0 saturated carbocycles. The Balaban J connectivity index is 2.60. The van der Waals surface area contributed by atoms with E-state index < -0.39 is 11.9 Å². The van der Waals surface area contributed by atoms with Crippen molar-refractivity contribution < 1.29 is 19.1 Å². The average Bonchev–Trinajstić information content (AvgIpc) is 2.54. The highest BCUT2D eigenvalue weighted by Crippen LogP contribution is 2.48. The van der Waals surface area contributed by atoms with E-state index in [1.807, 2.05) is 26.2 Å². The number of rotatable bonds is 5. The molecule has 0 spiro atoms. The van der Waals surface area contributed by atoms with E-state index in [-0.39, 0.29) is 17.8 Å². The number of carbonyl (C=O) groups is 2. The third-order valence-corrected chi connectivity index (χ3v) is 4.48. The molecule has 3 rings (SSSR count). The number of hydrogen-bond acceptors (Lipinski definition) is 5. The van der Waals surface area contributed by atoms with Gasteiger partial charge < -0.3 is 14.4 Å². The number of carbonyl (C=O) groups excluding carboxylic acids is 2. The number of nitrogens with zero attached hydrogens (tertiary/aromatic N) is 1. The monoisotopic (exact) mass is 319 g/mol. The highest BCUT2D eigenvalue weighted by Gasteiger charge is 2.47. The first-order valence-corrected chi connectivity index (χ1v) is 7.89. The van der Waals surface area contributed by atoms with E-state index >= 15 is 0 Å². The predicted molar refractivity (Wildman–Crippen MR) is 87.6 cm³/mol. The first-order chi connectivity index (χ1) is 11.0. The number of methoxy groups -OCH3 is 2. The van der Waals surface area contributed by atoms with Crippen LogP contribution in [0.3, 0.4) is 0 Å². The van der Waals surface area contributed by atoms with Gasteiger partial charge in [0.25, 0.3) is 0 Å². The molecule has 3 aliphatic carbocycles. The molecule has 5 nitrogen and oxygen atoms in total. The van der Waals surface area contributed by atoms with Crippen molar-refractivity contribution in [1.82, 2.24) is 4.90 Å². The minimum atomic E-state index is -0.449. The largest absolute Gasteiger partial charge is 0.466 e. The SMILES string of the molecule is CC/C=C1\[C@@H]2C=C[C@@H](C(C(=O)OC)=C2C(=O)OC)[C@@H]1CN(C)C. The lowest BCUT2D eigenvalue weighted by atomic mass is 9.62. The van der Waals surface area contributed by atoms with Gasteiger partial charge in [0.15, 0.2) is 0 Å². The molecule has 0 unspecified atom stereocenters. The zero-order valence-electron chi connectivity index (χ0n) is 14.5. The number of esters is 2. The summed E-state index contributed by atoms with van der Waals surface area (Å²) in [6.07, 6.45) is 7.10. The lowest BCUT2D eigenvalue weighted by Crippen LogP contribution is -2.42. The molecule has 5 heteroatoms. The summed E-state index contributed by atoms with van der Waals surface area (Å²) in [6, 6.07) is 0. The van der Waals surface area contributed by atoms with Crippen molar-refractivity contribution in [2.75, 3.05) is 34.9 Å². The lowest BCUT2D eigenvalue weighted by molar-refractivity contribution is -0.140.